The standard InChI is InChI=1S/C19H16N4O3S/c1-12-3-8-16-13(10-18(24)26-17(16)9-12)11-27-19-20-21-22-23(19)14-4-6-15(25-2)7-5-14/h3-10H,11H2,1-2H3. The van der Waals surface area contributed by atoms with Crippen molar-refractivity contribution in [3.63, 3.8) is 0 Å². The Hall–Kier alpha value is -3.13. The van der Waals surface area contributed by atoms with Gasteiger partial charge in [0.1, 0.15) is 11.3 Å². The average molecular weight is 380 g/mol. The smallest absolute Gasteiger partial charge is 0.336 e. The molecule has 0 saturated heterocycles. The molecule has 7 nitrogen and oxygen atoms in total. The van der Waals surface area contributed by atoms with Crippen LogP contribution in [0.25, 0.3) is 16.7 Å². The Bertz CT molecular complexity index is 1150. The van der Waals surface area contributed by atoms with E-state index in [1.165, 1.54) is 17.8 Å². The summed E-state index contributed by atoms with van der Waals surface area (Å²) in [5.74, 6) is 1.31. The second-order valence-corrected chi connectivity index (χ2v) is 6.89. The molecule has 4 aromatic rings. The van der Waals surface area contributed by atoms with Crippen molar-refractivity contribution in [3.8, 4) is 11.4 Å². The molecule has 0 aliphatic rings. The highest BCUT2D eigenvalue weighted by Crippen LogP contribution is 2.27. The number of hydrogen-bond acceptors (Lipinski definition) is 7. The molecule has 0 unspecified atom stereocenters. The zero-order valence-corrected chi connectivity index (χ0v) is 15.6. The van der Waals surface area contributed by atoms with Crippen LogP contribution in [0.4, 0.5) is 0 Å². The number of nitrogens with zero attached hydrogens (tertiary/aromatic N) is 4. The quantitative estimate of drug-likeness (QED) is 0.388. The van der Waals surface area contributed by atoms with Gasteiger partial charge in [-0.2, -0.15) is 4.68 Å². The molecule has 136 valence electrons. The van der Waals surface area contributed by atoms with E-state index in [4.69, 9.17) is 9.15 Å². The lowest BCUT2D eigenvalue weighted by atomic mass is 10.1. The van der Waals surface area contributed by atoms with Crippen molar-refractivity contribution in [3.05, 3.63) is 70.1 Å². The van der Waals surface area contributed by atoms with Crippen LogP contribution in [0.5, 0.6) is 5.75 Å². The molecule has 0 bridgehead atoms. The fourth-order valence-electron chi connectivity index (χ4n) is 2.75. The Morgan fingerprint density at radius 2 is 1.96 bits per heavy atom. The van der Waals surface area contributed by atoms with Crippen molar-refractivity contribution in [2.45, 2.75) is 17.8 Å². The summed E-state index contributed by atoms with van der Waals surface area (Å²) in [6.07, 6.45) is 0. The van der Waals surface area contributed by atoms with Crippen LogP contribution in [0.3, 0.4) is 0 Å². The van der Waals surface area contributed by atoms with Gasteiger partial charge in [-0.15, -0.1) is 5.10 Å². The number of hydrogen-bond donors (Lipinski definition) is 0. The fraction of sp³-hybridized carbons (Fsp3) is 0.158. The van der Waals surface area contributed by atoms with Gasteiger partial charge in [-0.3, -0.25) is 0 Å². The second kappa shape index (κ2) is 7.24. The molecule has 2 heterocycles. The zero-order chi connectivity index (χ0) is 18.8. The number of thioether (sulfide) groups is 1. The van der Waals surface area contributed by atoms with Crippen LogP contribution < -0.4 is 10.4 Å². The summed E-state index contributed by atoms with van der Waals surface area (Å²) in [5.41, 5.74) is 2.98. The minimum absolute atomic E-state index is 0.363. The van der Waals surface area contributed by atoms with Gasteiger partial charge in [-0.05, 0) is 58.8 Å². The van der Waals surface area contributed by atoms with Gasteiger partial charge < -0.3 is 9.15 Å². The van der Waals surface area contributed by atoms with Crippen LogP contribution >= 0.6 is 11.8 Å². The molecule has 0 radical (unpaired) electrons. The van der Waals surface area contributed by atoms with Crippen LogP contribution in [0.1, 0.15) is 11.1 Å². The Morgan fingerprint density at radius 3 is 2.74 bits per heavy atom. The Labute approximate surface area is 159 Å². The number of rotatable bonds is 5. The minimum atomic E-state index is -0.363. The third-order valence-electron chi connectivity index (χ3n) is 4.10. The van der Waals surface area contributed by atoms with E-state index in [-0.39, 0.29) is 5.63 Å². The molecule has 0 aliphatic heterocycles. The van der Waals surface area contributed by atoms with E-state index in [1.54, 1.807) is 11.8 Å². The maximum absolute atomic E-state index is 11.9. The highest BCUT2D eigenvalue weighted by molar-refractivity contribution is 7.98. The lowest BCUT2D eigenvalue weighted by molar-refractivity contribution is 0.414. The molecule has 0 saturated carbocycles. The third-order valence-corrected chi connectivity index (χ3v) is 5.07. The van der Waals surface area contributed by atoms with Crippen LogP contribution in [0.2, 0.25) is 0 Å². The van der Waals surface area contributed by atoms with Gasteiger partial charge in [-0.25, -0.2) is 4.79 Å². The Morgan fingerprint density at radius 1 is 1.15 bits per heavy atom. The molecule has 0 spiro atoms. The van der Waals surface area contributed by atoms with Gasteiger partial charge in [0.05, 0.1) is 12.8 Å². The van der Waals surface area contributed by atoms with Crippen LogP contribution in [-0.4, -0.2) is 27.3 Å². The molecule has 0 amide bonds. The summed E-state index contributed by atoms with van der Waals surface area (Å²) < 4.78 is 12.1. The van der Waals surface area contributed by atoms with E-state index in [1.807, 2.05) is 49.4 Å². The Balaban J connectivity index is 1.62. The monoisotopic (exact) mass is 380 g/mol. The summed E-state index contributed by atoms with van der Waals surface area (Å²) in [4.78, 5) is 11.9. The fourth-order valence-corrected chi connectivity index (χ4v) is 3.64. The maximum Gasteiger partial charge on any atom is 0.336 e. The van der Waals surface area contributed by atoms with Gasteiger partial charge in [0.15, 0.2) is 0 Å². The first kappa shape index (κ1) is 17.3. The molecule has 27 heavy (non-hydrogen) atoms. The molecular weight excluding hydrogens is 364 g/mol. The molecule has 4 rings (SSSR count). The molecule has 2 aromatic heterocycles. The highest BCUT2D eigenvalue weighted by Gasteiger charge is 2.12. The van der Waals surface area contributed by atoms with E-state index in [0.29, 0.717) is 16.5 Å². The van der Waals surface area contributed by atoms with Crippen molar-refractivity contribution in [1.82, 2.24) is 20.2 Å². The van der Waals surface area contributed by atoms with Crippen molar-refractivity contribution in [1.29, 1.82) is 0 Å². The number of ether oxygens (including phenoxy) is 1. The van der Waals surface area contributed by atoms with E-state index in [0.717, 1.165) is 28.0 Å². The van der Waals surface area contributed by atoms with Crippen LogP contribution in [0.15, 0.2) is 62.9 Å². The third kappa shape index (κ3) is 3.56. The van der Waals surface area contributed by atoms with E-state index in [9.17, 15) is 4.79 Å². The maximum atomic E-state index is 11.9. The minimum Gasteiger partial charge on any atom is -0.497 e. The first-order valence-corrected chi connectivity index (χ1v) is 9.21. The van der Waals surface area contributed by atoms with Gasteiger partial charge in [-0.1, -0.05) is 23.9 Å². The number of tetrazole rings is 1. The van der Waals surface area contributed by atoms with Crippen LogP contribution in [-0.2, 0) is 5.75 Å². The topological polar surface area (TPSA) is 83.0 Å². The largest absolute Gasteiger partial charge is 0.497 e. The molecule has 8 heteroatoms. The number of aryl methyl sites for hydroxylation is 1. The molecule has 0 fully saturated rings. The van der Waals surface area contributed by atoms with Gasteiger partial charge in [0.2, 0.25) is 5.16 Å². The zero-order valence-electron chi connectivity index (χ0n) is 14.7. The molecule has 0 atom stereocenters. The number of aromatic nitrogens is 4. The molecule has 0 aliphatic carbocycles. The van der Waals surface area contributed by atoms with Gasteiger partial charge in [0, 0.05) is 17.2 Å². The average Bonchev–Trinajstić information content (AvgIpc) is 3.14. The predicted octanol–water partition coefficient (Wildman–Crippen LogP) is 3.38. The first-order valence-electron chi connectivity index (χ1n) is 8.23. The molecule has 0 N–H and O–H groups in total. The van der Waals surface area contributed by atoms with E-state index in [2.05, 4.69) is 15.5 Å². The van der Waals surface area contributed by atoms with Crippen molar-refractivity contribution in [2.75, 3.05) is 7.11 Å². The predicted molar refractivity (Wildman–Crippen MR) is 102 cm³/mol. The lowest BCUT2D eigenvalue weighted by Crippen LogP contribution is -2.02. The summed E-state index contributed by atoms with van der Waals surface area (Å²) in [6, 6.07) is 14.8. The highest BCUT2D eigenvalue weighted by atomic mass is 32.2. The first-order chi connectivity index (χ1) is 13.1. The summed E-state index contributed by atoms with van der Waals surface area (Å²) >= 11 is 1.45. The molecular formula is C19H16N4O3S. The summed E-state index contributed by atoms with van der Waals surface area (Å²) in [5, 5.41) is 13.5. The number of fused-ring (bicyclic) bond motifs is 1. The normalized spacial score (nSPS) is 11.0. The van der Waals surface area contributed by atoms with E-state index < -0.39 is 0 Å². The van der Waals surface area contributed by atoms with Crippen molar-refractivity contribution < 1.29 is 9.15 Å². The SMILES string of the molecule is COc1ccc(-n2nnnc2SCc2cc(=O)oc3cc(C)ccc23)cc1. The van der Waals surface area contributed by atoms with Gasteiger partial charge in [0.25, 0.3) is 0 Å². The van der Waals surface area contributed by atoms with E-state index >= 15 is 0 Å². The summed E-state index contributed by atoms with van der Waals surface area (Å²) in [6.45, 7) is 1.96. The van der Waals surface area contributed by atoms with Crippen molar-refractivity contribution in [2.24, 2.45) is 0 Å². The number of benzene rings is 2. The molecule has 2 aromatic carbocycles. The second-order valence-electron chi connectivity index (χ2n) is 5.95. The van der Waals surface area contributed by atoms with Gasteiger partial charge >= 0.3 is 5.63 Å². The summed E-state index contributed by atoms with van der Waals surface area (Å²) in [7, 11) is 1.62. The lowest BCUT2D eigenvalue weighted by Gasteiger charge is -2.07. The number of methoxy groups -OCH3 is 1. The Kier molecular flexibility index (Phi) is 4.64. The van der Waals surface area contributed by atoms with Crippen LogP contribution in [0, 0.1) is 6.92 Å². The van der Waals surface area contributed by atoms with Crippen molar-refractivity contribution >= 4 is 22.7 Å².